The molecule has 2 aromatic heterocycles. The second-order valence-corrected chi connectivity index (χ2v) is 6.92. The van der Waals surface area contributed by atoms with E-state index >= 15 is 0 Å². The first-order valence-corrected chi connectivity index (χ1v) is 9.11. The quantitative estimate of drug-likeness (QED) is 0.383. The Labute approximate surface area is 168 Å². The zero-order chi connectivity index (χ0) is 20.5. The zero-order valence-corrected chi connectivity index (χ0v) is 16.3. The SMILES string of the molecule is C=C(NOc1ccc2c(N)cc(C)nc2c1)Nc1ccc2nc(C)cc(N)c2c1. The van der Waals surface area contributed by atoms with Crippen LogP contribution in [0.15, 0.2) is 60.9 Å². The lowest BCUT2D eigenvalue weighted by Crippen LogP contribution is -2.22. The van der Waals surface area contributed by atoms with E-state index in [4.69, 9.17) is 16.3 Å². The van der Waals surface area contributed by atoms with E-state index in [-0.39, 0.29) is 0 Å². The lowest BCUT2D eigenvalue weighted by molar-refractivity contribution is 0.231. The molecule has 0 radical (unpaired) electrons. The van der Waals surface area contributed by atoms with Crippen LogP contribution in [0.1, 0.15) is 11.4 Å². The van der Waals surface area contributed by atoms with Crippen LogP contribution in [-0.4, -0.2) is 9.97 Å². The summed E-state index contributed by atoms with van der Waals surface area (Å²) in [7, 11) is 0. The molecule has 2 aromatic carbocycles. The van der Waals surface area contributed by atoms with E-state index in [0.29, 0.717) is 22.9 Å². The standard InChI is InChI=1S/C22H22N6O/c1-12-9-20(24)18-10-15(4-7-21(18)25-12)27-14(3)28-29-16-5-6-17-19(23)8-13(2)26-22(17)11-16/h4-11,27-28H,3H2,1-2H3,(H2,23,26)(H2,24,25). The maximum absolute atomic E-state index is 6.11. The van der Waals surface area contributed by atoms with E-state index in [1.165, 1.54) is 0 Å². The van der Waals surface area contributed by atoms with E-state index < -0.39 is 0 Å². The van der Waals surface area contributed by atoms with Crippen LogP contribution in [0.4, 0.5) is 17.1 Å². The van der Waals surface area contributed by atoms with Crippen LogP contribution in [0.3, 0.4) is 0 Å². The number of aryl methyl sites for hydroxylation is 2. The molecule has 0 bridgehead atoms. The van der Waals surface area contributed by atoms with Crippen molar-refractivity contribution in [2.45, 2.75) is 13.8 Å². The number of anilines is 3. The Morgan fingerprint density at radius 3 is 2.31 bits per heavy atom. The lowest BCUT2D eigenvalue weighted by atomic mass is 10.1. The summed E-state index contributed by atoms with van der Waals surface area (Å²) in [6.07, 6.45) is 0. The van der Waals surface area contributed by atoms with Crippen LogP contribution in [-0.2, 0) is 0 Å². The molecule has 7 heteroatoms. The third kappa shape index (κ3) is 3.84. The Morgan fingerprint density at radius 1 is 0.862 bits per heavy atom. The number of aromatic nitrogens is 2. The minimum atomic E-state index is 0.472. The topological polar surface area (TPSA) is 111 Å². The number of benzene rings is 2. The van der Waals surface area contributed by atoms with Gasteiger partial charge in [0, 0.05) is 45.3 Å². The number of nitrogens with two attached hydrogens (primary N) is 2. The summed E-state index contributed by atoms with van der Waals surface area (Å²) < 4.78 is 0. The normalized spacial score (nSPS) is 10.8. The smallest absolute Gasteiger partial charge is 0.157 e. The summed E-state index contributed by atoms with van der Waals surface area (Å²) in [5, 5.41) is 4.92. The van der Waals surface area contributed by atoms with Crippen LogP contribution in [0.5, 0.6) is 5.75 Å². The first-order chi connectivity index (χ1) is 13.9. The Morgan fingerprint density at radius 2 is 1.55 bits per heavy atom. The molecule has 0 saturated heterocycles. The molecular formula is C22H22N6O. The van der Waals surface area contributed by atoms with Crippen molar-refractivity contribution in [3.63, 3.8) is 0 Å². The minimum absolute atomic E-state index is 0.472. The summed E-state index contributed by atoms with van der Waals surface area (Å²) in [6.45, 7) is 7.77. The fraction of sp³-hybridized carbons (Fsp3) is 0.0909. The largest absolute Gasteiger partial charge is 0.398 e. The fourth-order valence-corrected chi connectivity index (χ4v) is 3.22. The van der Waals surface area contributed by atoms with Crippen LogP contribution in [0.25, 0.3) is 21.8 Å². The summed E-state index contributed by atoms with van der Waals surface area (Å²) in [5.41, 5.74) is 20.5. The molecule has 0 spiro atoms. The summed E-state index contributed by atoms with van der Waals surface area (Å²) >= 11 is 0. The van der Waals surface area contributed by atoms with Crippen LogP contribution in [0.2, 0.25) is 0 Å². The van der Waals surface area contributed by atoms with E-state index in [9.17, 15) is 0 Å². The average Bonchev–Trinajstić information content (AvgIpc) is 2.66. The predicted molar refractivity (Wildman–Crippen MR) is 118 cm³/mol. The fourth-order valence-electron chi connectivity index (χ4n) is 3.22. The molecular weight excluding hydrogens is 364 g/mol. The van der Waals surface area contributed by atoms with Gasteiger partial charge in [-0.2, -0.15) is 0 Å². The van der Waals surface area contributed by atoms with Gasteiger partial charge in [-0.3, -0.25) is 9.97 Å². The van der Waals surface area contributed by atoms with Gasteiger partial charge in [-0.25, -0.2) is 5.48 Å². The number of rotatable bonds is 5. The van der Waals surface area contributed by atoms with Crippen molar-refractivity contribution in [1.82, 2.24) is 15.4 Å². The molecule has 2 heterocycles. The highest BCUT2D eigenvalue weighted by atomic mass is 16.6. The number of nitrogens with zero attached hydrogens (tertiary/aromatic N) is 2. The van der Waals surface area contributed by atoms with Crippen LogP contribution >= 0.6 is 0 Å². The predicted octanol–water partition coefficient (Wildman–Crippen LogP) is 4.03. The van der Waals surface area contributed by atoms with E-state index in [1.807, 2.05) is 62.4 Å². The van der Waals surface area contributed by atoms with Crippen molar-refractivity contribution in [3.05, 3.63) is 72.3 Å². The first kappa shape index (κ1) is 18.4. The van der Waals surface area contributed by atoms with Crippen molar-refractivity contribution in [1.29, 1.82) is 0 Å². The molecule has 4 rings (SSSR count). The van der Waals surface area contributed by atoms with Gasteiger partial charge in [0.2, 0.25) is 0 Å². The molecule has 0 aliphatic rings. The van der Waals surface area contributed by atoms with Gasteiger partial charge in [-0.15, -0.1) is 0 Å². The van der Waals surface area contributed by atoms with Crippen LogP contribution < -0.4 is 27.1 Å². The summed E-state index contributed by atoms with van der Waals surface area (Å²) in [6, 6.07) is 15.0. The molecule has 146 valence electrons. The van der Waals surface area contributed by atoms with Gasteiger partial charge in [-0.1, -0.05) is 6.58 Å². The third-order valence-electron chi connectivity index (χ3n) is 4.50. The second-order valence-electron chi connectivity index (χ2n) is 6.92. The van der Waals surface area contributed by atoms with Crippen molar-refractivity contribution in [2.75, 3.05) is 16.8 Å². The van der Waals surface area contributed by atoms with Crippen molar-refractivity contribution < 1.29 is 4.84 Å². The number of nitrogen functional groups attached to an aromatic ring is 2. The Bertz CT molecular complexity index is 1250. The summed E-state index contributed by atoms with van der Waals surface area (Å²) in [5.74, 6) is 1.07. The monoisotopic (exact) mass is 386 g/mol. The van der Waals surface area contributed by atoms with Gasteiger partial charge >= 0.3 is 0 Å². The number of hydroxylamine groups is 1. The average molecular weight is 386 g/mol. The van der Waals surface area contributed by atoms with Gasteiger partial charge in [0.05, 0.1) is 11.0 Å². The van der Waals surface area contributed by atoms with Gasteiger partial charge in [0.25, 0.3) is 0 Å². The molecule has 4 aromatic rings. The third-order valence-corrected chi connectivity index (χ3v) is 4.50. The van der Waals surface area contributed by atoms with Crippen LogP contribution in [0, 0.1) is 13.8 Å². The molecule has 7 nitrogen and oxygen atoms in total. The maximum atomic E-state index is 6.11. The molecule has 0 aliphatic heterocycles. The highest BCUT2D eigenvalue weighted by Crippen LogP contribution is 2.26. The van der Waals surface area contributed by atoms with E-state index in [0.717, 1.165) is 38.9 Å². The van der Waals surface area contributed by atoms with Gasteiger partial charge < -0.3 is 21.6 Å². The molecule has 0 amide bonds. The molecule has 0 unspecified atom stereocenters. The Hall–Kier alpha value is -4.00. The highest BCUT2D eigenvalue weighted by molar-refractivity contribution is 5.93. The number of pyridine rings is 2. The highest BCUT2D eigenvalue weighted by Gasteiger charge is 2.06. The zero-order valence-electron chi connectivity index (χ0n) is 16.3. The van der Waals surface area contributed by atoms with Crippen molar-refractivity contribution in [3.8, 4) is 5.75 Å². The molecule has 6 N–H and O–H groups in total. The Balaban J connectivity index is 1.46. The van der Waals surface area contributed by atoms with Crippen molar-refractivity contribution in [2.24, 2.45) is 0 Å². The maximum Gasteiger partial charge on any atom is 0.157 e. The van der Waals surface area contributed by atoms with Gasteiger partial charge in [0.1, 0.15) is 5.82 Å². The molecule has 0 fully saturated rings. The van der Waals surface area contributed by atoms with Crippen molar-refractivity contribution >= 4 is 38.9 Å². The molecule has 0 saturated carbocycles. The van der Waals surface area contributed by atoms with E-state index in [1.54, 1.807) is 0 Å². The van der Waals surface area contributed by atoms with Gasteiger partial charge in [0.15, 0.2) is 5.75 Å². The van der Waals surface area contributed by atoms with E-state index in [2.05, 4.69) is 27.3 Å². The number of hydrogen-bond acceptors (Lipinski definition) is 7. The first-order valence-electron chi connectivity index (χ1n) is 9.11. The molecule has 0 aliphatic carbocycles. The molecule has 29 heavy (non-hydrogen) atoms. The molecule has 0 atom stereocenters. The number of hydrogen-bond donors (Lipinski definition) is 4. The lowest BCUT2D eigenvalue weighted by Gasteiger charge is -2.14. The van der Waals surface area contributed by atoms with Gasteiger partial charge in [-0.05, 0) is 56.3 Å². The minimum Gasteiger partial charge on any atom is -0.398 e. The second kappa shape index (κ2) is 7.20. The Kier molecular flexibility index (Phi) is 4.56. The summed E-state index contributed by atoms with van der Waals surface area (Å²) in [4.78, 5) is 14.6. The number of nitrogens with one attached hydrogen (secondary N) is 2. The number of fused-ring (bicyclic) bond motifs is 2.